The van der Waals surface area contributed by atoms with Gasteiger partial charge in [0.05, 0.1) is 0 Å². The van der Waals surface area contributed by atoms with Crippen molar-refractivity contribution in [3.63, 3.8) is 0 Å². The Morgan fingerprint density at radius 3 is 1.50 bits per heavy atom. The maximum atomic E-state index is 13.4. The molecule has 0 saturated carbocycles. The third-order valence-electron chi connectivity index (χ3n) is 1.98. The molecule has 0 radical (unpaired) electrons. The van der Waals surface area contributed by atoms with E-state index in [1.807, 2.05) is 4.74 Å². The highest BCUT2D eigenvalue weighted by atomic mass is 32.2. The van der Waals surface area contributed by atoms with E-state index < -0.39 is 52.7 Å². The average Bonchev–Trinajstić information content (AvgIpc) is 2.43. The van der Waals surface area contributed by atoms with Gasteiger partial charge in [0.15, 0.2) is 0 Å². The molecule has 2 atom stereocenters. The minimum atomic E-state index is -7.47. The predicted octanol–water partition coefficient (Wildman–Crippen LogP) is 4.63. The van der Waals surface area contributed by atoms with E-state index in [0.29, 0.717) is 0 Å². The molecule has 0 aliphatic heterocycles. The monoisotopic (exact) mass is 446 g/mol. The minimum absolute atomic E-state index is 1.60. The maximum Gasteiger partial charge on any atom is 0.471 e. The molecule has 0 fully saturated rings. The Morgan fingerprint density at radius 2 is 1.19 bits per heavy atom. The smallest absolute Gasteiger partial charge is 0.398 e. The summed E-state index contributed by atoms with van der Waals surface area (Å²) in [5, 5.41) is -6.74. The molecule has 0 rings (SSSR count). The predicted molar refractivity (Wildman–Crippen MR) is 47.6 cm³/mol. The van der Waals surface area contributed by atoms with Crippen LogP contribution >= 0.6 is 0 Å². The Labute approximate surface area is 133 Å². The van der Waals surface area contributed by atoms with E-state index in [0.717, 1.165) is 0 Å². The third kappa shape index (κ3) is 4.48. The molecule has 2 unspecified atom stereocenters. The lowest BCUT2D eigenvalue weighted by molar-refractivity contribution is -0.510. The molecule has 156 valence electrons. The molecule has 0 N–H and O–H groups in total. The van der Waals surface area contributed by atoms with Gasteiger partial charge in [0, 0.05) is 0 Å². The van der Waals surface area contributed by atoms with Crippen LogP contribution < -0.4 is 0 Å². The lowest BCUT2D eigenvalue weighted by Crippen LogP contribution is -2.63. The average molecular weight is 446 g/mol. The number of hydrogen-bond acceptors (Lipinski definition) is 4. The van der Waals surface area contributed by atoms with Gasteiger partial charge in [-0.25, -0.2) is 4.21 Å². The quantitative estimate of drug-likeness (QED) is 0.403. The van der Waals surface area contributed by atoms with Gasteiger partial charge < -0.3 is 4.74 Å². The van der Waals surface area contributed by atoms with Crippen LogP contribution in [-0.2, 0) is 24.9 Å². The summed E-state index contributed by atoms with van der Waals surface area (Å²) >= 11 is -5.21. The Kier molecular flexibility index (Phi) is 6.94. The summed E-state index contributed by atoms with van der Waals surface area (Å²) in [6.07, 6.45) is -25.8. The van der Waals surface area contributed by atoms with E-state index in [2.05, 4.69) is 0 Å². The van der Waals surface area contributed by atoms with Crippen LogP contribution in [0, 0.1) is 0 Å². The van der Waals surface area contributed by atoms with Crippen LogP contribution in [0.4, 0.5) is 61.6 Å². The fourth-order valence-electron chi connectivity index (χ4n) is 0.872. The Bertz CT molecular complexity index is 568. The van der Waals surface area contributed by atoms with Crippen molar-refractivity contribution in [3.8, 4) is 0 Å². The highest BCUT2D eigenvalue weighted by molar-refractivity contribution is 7.81. The van der Waals surface area contributed by atoms with Gasteiger partial charge in [0.25, 0.3) is 11.1 Å². The van der Waals surface area contributed by atoms with Gasteiger partial charge in [-0.1, -0.05) is 4.39 Å². The Balaban J connectivity index is 6.22. The molecule has 0 aliphatic rings. The van der Waals surface area contributed by atoms with Crippen LogP contribution in [0.3, 0.4) is 0 Å². The maximum absolute atomic E-state index is 13.4. The molecule has 0 aromatic heterocycles. The lowest BCUT2D eigenvalue weighted by atomic mass is 10.2. The first-order valence-corrected chi connectivity index (χ1v) is 6.04. The van der Waals surface area contributed by atoms with Gasteiger partial charge in [-0.3, -0.25) is 4.74 Å². The van der Waals surface area contributed by atoms with E-state index in [9.17, 15) is 65.8 Å². The minimum Gasteiger partial charge on any atom is -0.398 e. The molecule has 4 nitrogen and oxygen atoms in total. The molecule has 0 saturated heterocycles. The van der Waals surface area contributed by atoms with Crippen molar-refractivity contribution in [2.45, 2.75) is 29.5 Å². The molecular formula is C7F14O4S. The molecule has 0 amide bonds. The zero-order chi connectivity index (χ0) is 21.4. The first-order chi connectivity index (χ1) is 11.3. The van der Waals surface area contributed by atoms with Gasteiger partial charge in [-0.2, -0.15) is 57.1 Å². The number of hydrogen-bond donors (Lipinski definition) is 0. The van der Waals surface area contributed by atoms with Crippen molar-refractivity contribution in [2.24, 2.45) is 0 Å². The van der Waals surface area contributed by atoms with Crippen molar-refractivity contribution in [2.75, 3.05) is 0 Å². The first kappa shape index (κ1) is 24.6. The topological polar surface area (TPSA) is 44.8 Å². The normalized spacial score (nSPS) is 17.5. The van der Waals surface area contributed by atoms with Crippen LogP contribution in [-0.4, -0.2) is 33.7 Å². The summed E-state index contributed by atoms with van der Waals surface area (Å²) in [4.78, 5) is 0. The summed E-state index contributed by atoms with van der Waals surface area (Å²) in [5.41, 5.74) is 0. The standard InChI is InChI=1S/C7F14O4S/c8-1(9)2(10)23-5(15,16)3(11,4(12,13)14)24-6(17,18)7(19,20)26(22)25-21. The van der Waals surface area contributed by atoms with Crippen LogP contribution in [0.15, 0.2) is 12.1 Å². The van der Waals surface area contributed by atoms with Crippen LogP contribution in [0.5, 0.6) is 0 Å². The van der Waals surface area contributed by atoms with Gasteiger partial charge in [0.1, 0.15) is 0 Å². The first-order valence-electron chi connectivity index (χ1n) is 4.97. The van der Waals surface area contributed by atoms with Crippen LogP contribution in [0.2, 0.25) is 0 Å². The van der Waals surface area contributed by atoms with E-state index in [4.69, 9.17) is 0 Å². The summed E-state index contributed by atoms with van der Waals surface area (Å²) in [6.45, 7) is 0. The molecule has 0 spiro atoms. The third-order valence-corrected chi connectivity index (χ3v) is 2.75. The second kappa shape index (κ2) is 7.33. The fraction of sp³-hybridized carbons (Fsp3) is 0.714. The van der Waals surface area contributed by atoms with Crippen molar-refractivity contribution >= 4 is 11.1 Å². The van der Waals surface area contributed by atoms with E-state index in [-0.39, 0.29) is 0 Å². The van der Waals surface area contributed by atoms with E-state index >= 15 is 0 Å². The molecular weight excluding hydrogens is 446 g/mol. The van der Waals surface area contributed by atoms with Crippen molar-refractivity contribution < 1.29 is 79.7 Å². The SMILES string of the molecule is O=S(OF)C(F)(F)C(F)(F)OC(F)(C(F)(F)F)C(F)(F)OC(F)=C(F)F. The molecule has 0 aromatic rings. The Hall–Kier alpha value is -1.37. The van der Waals surface area contributed by atoms with Gasteiger partial charge in [-0.05, 0) is 4.53 Å². The zero-order valence-electron chi connectivity index (χ0n) is 10.8. The van der Waals surface area contributed by atoms with Crippen LogP contribution in [0.1, 0.15) is 0 Å². The summed E-state index contributed by atoms with van der Waals surface area (Å²) < 4.78 is 189. The largest absolute Gasteiger partial charge is 0.471 e. The Morgan fingerprint density at radius 1 is 0.769 bits per heavy atom. The van der Waals surface area contributed by atoms with Crippen LogP contribution in [0.25, 0.3) is 0 Å². The molecule has 0 heterocycles. The summed E-state index contributed by atoms with van der Waals surface area (Å²) in [7, 11) is 0. The number of ether oxygens (including phenoxy) is 2. The van der Waals surface area contributed by atoms with Gasteiger partial charge >= 0.3 is 41.6 Å². The second-order valence-corrected chi connectivity index (χ2v) is 4.79. The molecule has 26 heavy (non-hydrogen) atoms. The number of rotatable bonds is 8. The lowest BCUT2D eigenvalue weighted by Gasteiger charge is -2.36. The van der Waals surface area contributed by atoms with Crippen molar-refractivity contribution in [1.29, 1.82) is 0 Å². The van der Waals surface area contributed by atoms with Gasteiger partial charge in [0.2, 0.25) is 0 Å². The summed E-state index contributed by atoms with van der Waals surface area (Å²) in [6, 6.07) is -3.92. The van der Waals surface area contributed by atoms with E-state index in [1.165, 1.54) is 0 Å². The molecule has 19 heteroatoms. The highest BCUT2D eigenvalue weighted by Crippen LogP contribution is 2.53. The molecule has 0 aromatic carbocycles. The van der Waals surface area contributed by atoms with Crippen molar-refractivity contribution in [3.05, 3.63) is 12.1 Å². The molecule has 0 bridgehead atoms. The zero-order valence-corrected chi connectivity index (χ0v) is 11.6. The fourth-order valence-corrected chi connectivity index (χ4v) is 1.19. The number of halogens is 14. The number of alkyl halides is 10. The molecule has 0 aliphatic carbocycles. The summed E-state index contributed by atoms with van der Waals surface area (Å²) in [5.74, 6) is -7.43. The highest BCUT2D eigenvalue weighted by Gasteiger charge is 2.82. The van der Waals surface area contributed by atoms with Gasteiger partial charge in [-0.15, -0.1) is 0 Å². The second-order valence-electron chi connectivity index (χ2n) is 3.68. The van der Waals surface area contributed by atoms with Crippen molar-refractivity contribution in [1.82, 2.24) is 0 Å². The van der Waals surface area contributed by atoms with E-state index in [1.54, 1.807) is 9.12 Å².